The lowest BCUT2D eigenvalue weighted by atomic mass is 10.1. The number of rotatable bonds is 9. The molecule has 0 saturated carbocycles. The highest BCUT2D eigenvalue weighted by Crippen LogP contribution is 2.27. The van der Waals surface area contributed by atoms with Crippen LogP contribution in [-0.2, 0) is 6.54 Å². The third-order valence-corrected chi connectivity index (χ3v) is 4.99. The van der Waals surface area contributed by atoms with Crippen LogP contribution >= 0.6 is 0 Å². The number of hydrogen-bond donors (Lipinski definition) is 1. The van der Waals surface area contributed by atoms with Crippen molar-refractivity contribution in [2.24, 2.45) is 4.99 Å². The van der Waals surface area contributed by atoms with E-state index in [1.165, 1.54) is 0 Å². The van der Waals surface area contributed by atoms with Crippen molar-refractivity contribution in [2.75, 3.05) is 26.0 Å². The number of nitrogens with one attached hydrogen (secondary N) is 1. The monoisotopic (exact) mass is 459 g/mol. The van der Waals surface area contributed by atoms with Crippen LogP contribution in [0.4, 0.5) is 5.69 Å². The van der Waals surface area contributed by atoms with Crippen LogP contribution in [0.1, 0.15) is 42.5 Å². The predicted molar refractivity (Wildman–Crippen MR) is 140 cm³/mol. The molecule has 0 saturated heterocycles. The normalized spacial score (nSPS) is 11.8. The molecule has 0 radical (unpaired) electrons. The fourth-order valence-electron chi connectivity index (χ4n) is 3.29. The highest BCUT2D eigenvalue weighted by Gasteiger charge is 2.11. The molecule has 1 heterocycles. The maximum atomic E-state index is 12.8. The van der Waals surface area contributed by atoms with E-state index in [1.807, 2.05) is 77.3 Å². The number of anilines is 1. The molecule has 34 heavy (non-hydrogen) atoms. The van der Waals surface area contributed by atoms with E-state index < -0.39 is 0 Å². The molecule has 178 valence electrons. The average molecular weight is 460 g/mol. The number of benzene rings is 2. The molecule has 0 spiro atoms. The summed E-state index contributed by atoms with van der Waals surface area (Å²) in [6.07, 6.45) is 5.39. The summed E-state index contributed by atoms with van der Waals surface area (Å²) in [6, 6.07) is 15.2. The summed E-state index contributed by atoms with van der Waals surface area (Å²) in [5.41, 5.74) is 4.83. The smallest absolute Gasteiger partial charge is 0.322 e. The van der Waals surface area contributed by atoms with Crippen molar-refractivity contribution in [3.8, 4) is 11.8 Å². The molecule has 1 amide bonds. The fraction of sp³-hybridized carbons (Fsp3) is 0.259. The second-order valence-corrected chi connectivity index (χ2v) is 8.07. The van der Waals surface area contributed by atoms with Gasteiger partial charge in [-0.2, -0.15) is 4.98 Å². The van der Waals surface area contributed by atoms with Gasteiger partial charge in [0.1, 0.15) is 5.75 Å². The molecular formula is C27H33N5O2. The van der Waals surface area contributed by atoms with E-state index in [9.17, 15) is 4.79 Å². The van der Waals surface area contributed by atoms with E-state index >= 15 is 0 Å². The SMILES string of the molecule is C/C=C(\C=NCC)c1ccnc(Oc2cc(NC(=O)c3cccc(CN(C)C)c3)ccc2C)n1.[HH]. The standard InChI is InChI=1S/C27H31N5O2.H2/c1-6-21(17-28-7-2)24-13-14-29-27(31-24)34-25-16-23(12-11-19(25)3)30-26(33)22-10-8-9-20(15-22)18-32(4)5;/h6,8-17H,7,18H2,1-5H3,(H,30,33);1H/b21-6+,28-17?;. The maximum Gasteiger partial charge on any atom is 0.322 e. The molecule has 3 rings (SSSR count). The predicted octanol–water partition coefficient (Wildman–Crippen LogP) is 5.63. The summed E-state index contributed by atoms with van der Waals surface area (Å²) >= 11 is 0. The molecule has 7 nitrogen and oxygen atoms in total. The Morgan fingerprint density at radius 3 is 2.76 bits per heavy atom. The first-order chi connectivity index (χ1) is 16.4. The van der Waals surface area contributed by atoms with Gasteiger partial charge in [0.25, 0.3) is 5.91 Å². The largest absolute Gasteiger partial charge is 0.424 e. The molecule has 0 aliphatic carbocycles. The molecule has 1 aromatic heterocycles. The molecule has 0 aliphatic rings. The van der Waals surface area contributed by atoms with Crippen LogP contribution in [0.3, 0.4) is 0 Å². The minimum absolute atomic E-state index is 0. The topological polar surface area (TPSA) is 79.7 Å². The quantitative estimate of drug-likeness (QED) is 0.420. The Hall–Kier alpha value is -3.84. The van der Waals surface area contributed by atoms with Crippen molar-refractivity contribution in [2.45, 2.75) is 27.3 Å². The molecule has 0 atom stereocenters. The molecule has 0 bridgehead atoms. The van der Waals surface area contributed by atoms with Crippen LogP contribution in [0, 0.1) is 6.92 Å². The van der Waals surface area contributed by atoms with Gasteiger partial charge in [-0.05, 0) is 70.3 Å². The Balaban J connectivity index is 0.00000432. The van der Waals surface area contributed by atoms with Gasteiger partial charge in [0, 0.05) is 49.8 Å². The van der Waals surface area contributed by atoms with Crippen molar-refractivity contribution >= 4 is 23.4 Å². The highest BCUT2D eigenvalue weighted by molar-refractivity contribution is 6.08. The molecule has 0 unspecified atom stereocenters. The van der Waals surface area contributed by atoms with Gasteiger partial charge in [-0.15, -0.1) is 0 Å². The Morgan fingerprint density at radius 2 is 2.03 bits per heavy atom. The molecule has 0 aliphatic heterocycles. The van der Waals surface area contributed by atoms with Crippen LogP contribution in [0.5, 0.6) is 11.8 Å². The Labute approximate surface area is 202 Å². The first-order valence-electron chi connectivity index (χ1n) is 11.2. The Bertz CT molecular complexity index is 1210. The van der Waals surface area contributed by atoms with Gasteiger partial charge >= 0.3 is 6.01 Å². The summed E-state index contributed by atoms with van der Waals surface area (Å²) in [5, 5.41) is 2.95. The van der Waals surface area contributed by atoms with E-state index in [2.05, 4.69) is 25.2 Å². The van der Waals surface area contributed by atoms with Crippen LogP contribution < -0.4 is 10.1 Å². The summed E-state index contributed by atoms with van der Waals surface area (Å²) in [4.78, 5) is 28.0. The van der Waals surface area contributed by atoms with Gasteiger partial charge in [-0.1, -0.05) is 24.3 Å². The van der Waals surface area contributed by atoms with Gasteiger partial charge < -0.3 is 15.0 Å². The van der Waals surface area contributed by atoms with Crippen molar-refractivity contribution in [3.63, 3.8) is 0 Å². The van der Waals surface area contributed by atoms with Gasteiger partial charge in [-0.3, -0.25) is 9.79 Å². The van der Waals surface area contributed by atoms with Crippen molar-refractivity contribution < 1.29 is 11.0 Å². The number of aliphatic imine (C=N–C) groups is 1. The van der Waals surface area contributed by atoms with E-state index in [0.717, 1.165) is 28.9 Å². The van der Waals surface area contributed by atoms with Gasteiger partial charge in [0.15, 0.2) is 0 Å². The fourth-order valence-corrected chi connectivity index (χ4v) is 3.29. The zero-order valence-electron chi connectivity index (χ0n) is 20.4. The lowest BCUT2D eigenvalue weighted by molar-refractivity contribution is 0.102. The molecule has 0 fully saturated rings. The molecule has 3 aromatic rings. The molecule has 1 N–H and O–H groups in total. The number of nitrogens with zero attached hydrogens (tertiary/aromatic N) is 4. The first-order valence-corrected chi connectivity index (χ1v) is 11.2. The lowest BCUT2D eigenvalue weighted by Crippen LogP contribution is -2.14. The van der Waals surface area contributed by atoms with E-state index in [1.54, 1.807) is 24.5 Å². The van der Waals surface area contributed by atoms with Gasteiger partial charge in [0.2, 0.25) is 0 Å². The minimum atomic E-state index is -0.179. The second-order valence-electron chi connectivity index (χ2n) is 8.07. The minimum Gasteiger partial charge on any atom is -0.424 e. The summed E-state index contributed by atoms with van der Waals surface area (Å²) < 4.78 is 5.99. The van der Waals surface area contributed by atoms with Crippen molar-refractivity contribution in [1.82, 2.24) is 14.9 Å². The number of amides is 1. The van der Waals surface area contributed by atoms with E-state index in [0.29, 0.717) is 23.5 Å². The summed E-state index contributed by atoms with van der Waals surface area (Å²) in [7, 11) is 4.00. The number of carbonyl (C=O) groups is 1. The Morgan fingerprint density at radius 1 is 1.21 bits per heavy atom. The Kier molecular flexibility index (Phi) is 8.65. The highest BCUT2D eigenvalue weighted by atomic mass is 16.5. The third kappa shape index (κ3) is 6.83. The number of aromatic nitrogens is 2. The van der Waals surface area contributed by atoms with Crippen molar-refractivity contribution in [1.29, 1.82) is 0 Å². The van der Waals surface area contributed by atoms with Gasteiger partial charge in [0.05, 0.1) is 5.69 Å². The number of ether oxygens (including phenoxy) is 1. The van der Waals surface area contributed by atoms with Crippen molar-refractivity contribution in [3.05, 3.63) is 83.2 Å². The molecule has 2 aromatic carbocycles. The van der Waals surface area contributed by atoms with Crippen LogP contribution in [0.15, 0.2) is 65.8 Å². The summed E-state index contributed by atoms with van der Waals surface area (Å²) in [5.74, 6) is 0.391. The first kappa shape index (κ1) is 24.8. The van der Waals surface area contributed by atoms with Crippen LogP contribution in [-0.4, -0.2) is 47.6 Å². The number of allylic oxidation sites excluding steroid dienone is 2. The summed E-state index contributed by atoms with van der Waals surface area (Å²) in [6.45, 7) is 7.31. The molecular weight excluding hydrogens is 426 g/mol. The lowest BCUT2D eigenvalue weighted by Gasteiger charge is -2.13. The van der Waals surface area contributed by atoms with E-state index in [4.69, 9.17) is 4.74 Å². The van der Waals surface area contributed by atoms with Gasteiger partial charge in [-0.25, -0.2) is 4.98 Å². The number of hydrogen-bond acceptors (Lipinski definition) is 6. The molecule has 7 heteroatoms. The second kappa shape index (κ2) is 11.9. The average Bonchev–Trinajstić information content (AvgIpc) is 2.82. The van der Waals surface area contributed by atoms with Crippen LogP contribution in [0.2, 0.25) is 0 Å². The zero-order valence-corrected chi connectivity index (χ0v) is 20.4. The number of carbonyl (C=O) groups excluding carboxylic acids is 1. The van der Waals surface area contributed by atoms with E-state index in [-0.39, 0.29) is 13.3 Å². The zero-order chi connectivity index (χ0) is 24.5. The van der Waals surface area contributed by atoms with Crippen LogP contribution in [0.25, 0.3) is 5.57 Å². The maximum absolute atomic E-state index is 12.8. The number of aryl methyl sites for hydroxylation is 1. The third-order valence-electron chi connectivity index (χ3n) is 4.99.